The number of aryl methyl sites for hydroxylation is 1. The average molecular weight is 370 g/mol. The highest BCUT2D eigenvalue weighted by molar-refractivity contribution is 7.71. The second-order valence-electron chi connectivity index (χ2n) is 5.86. The van der Waals surface area contributed by atoms with Crippen molar-refractivity contribution in [2.45, 2.75) is 27.0 Å². The molecule has 0 fully saturated rings. The van der Waals surface area contributed by atoms with Gasteiger partial charge in [-0.15, -0.1) is 0 Å². The quantitative estimate of drug-likeness (QED) is 0.588. The van der Waals surface area contributed by atoms with Gasteiger partial charge in [-0.25, -0.2) is 4.68 Å². The van der Waals surface area contributed by atoms with E-state index in [4.69, 9.17) is 21.7 Å². The lowest BCUT2D eigenvalue weighted by atomic mass is 10.1. The fourth-order valence-corrected chi connectivity index (χ4v) is 2.71. The van der Waals surface area contributed by atoms with Crippen molar-refractivity contribution in [2.24, 2.45) is 0 Å². The Labute approximate surface area is 157 Å². The molecule has 0 atom stereocenters. The van der Waals surface area contributed by atoms with Crippen LogP contribution in [0.15, 0.2) is 48.8 Å². The van der Waals surface area contributed by atoms with Crippen molar-refractivity contribution in [3.63, 3.8) is 0 Å². The molecule has 2 aromatic carbocycles. The number of nitrogens with zero attached hydrogens (tertiary/aromatic N) is 2. The number of ether oxygens (including phenoxy) is 2. The Balaban J connectivity index is 1.69. The van der Waals surface area contributed by atoms with Crippen LogP contribution in [0.4, 0.5) is 0 Å². The lowest BCUT2D eigenvalue weighted by molar-refractivity contribution is 0.269. The lowest BCUT2D eigenvalue weighted by Gasteiger charge is -2.14. The van der Waals surface area contributed by atoms with Crippen molar-refractivity contribution >= 4 is 12.2 Å². The maximum Gasteiger partial charge on any atom is 0.214 e. The van der Waals surface area contributed by atoms with Crippen molar-refractivity contribution in [1.82, 2.24) is 14.9 Å². The fraction of sp³-hybridized carbons (Fsp3) is 0.263. The van der Waals surface area contributed by atoms with Gasteiger partial charge in [-0.1, -0.05) is 35.9 Å². The largest absolute Gasteiger partial charge is 0.490 e. The molecule has 2 N–H and O–H groups in total. The van der Waals surface area contributed by atoms with Gasteiger partial charge >= 0.3 is 0 Å². The highest BCUT2D eigenvalue weighted by atomic mass is 32.1. The minimum atomic E-state index is 0.504. The van der Waals surface area contributed by atoms with Gasteiger partial charge in [0.15, 0.2) is 11.5 Å². The summed E-state index contributed by atoms with van der Waals surface area (Å²) in [6, 6.07) is 14.2. The Morgan fingerprint density at radius 2 is 2.00 bits per heavy atom. The molecule has 0 unspecified atom stereocenters. The smallest absolute Gasteiger partial charge is 0.214 e. The van der Waals surface area contributed by atoms with E-state index < -0.39 is 0 Å². The van der Waals surface area contributed by atoms with Gasteiger partial charge in [0.2, 0.25) is 4.77 Å². The summed E-state index contributed by atoms with van der Waals surface area (Å²) in [6.45, 7) is 5.70. The molecule has 7 heteroatoms. The van der Waals surface area contributed by atoms with E-state index in [-0.39, 0.29) is 0 Å². The number of benzene rings is 2. The Bertz CT molecular complexity index is 920. The average Bonchev–Trinajstić information content (AvgIpc) is 3.04. The van der Waals surface area contributed by atoms with Crippen LogP contribution in [0, 0.1) is 11.7 Å². The van der Waals surface area contributed by atoms with Crippen LogP contribution in [-0.2, 0) is 13.2 Å². The van der Waals surface area contributed by atoms with Crippen LogP contribution < -0.4 is 14.9 Å². The van der Waals surface area contributed by atoms with Crippen LogP contribution >= 0.6 is 12.2 Å². The molecule has 0 radical (unpaired) electrons. The maximum atomic E-state index is 5.97. The van der Waals surface area contributed by atoms with E-state index in [1.165, 1.54) is 5.56 Å². The second-order valence-corrected chi connectivity index (χ2v) is 6.24. The Morgan fingerprint density at radius 3 is 2.73 bits per heavy atom. The molecule has 3 aromatic rings. The van der Waals surface area contributed by atoms with E-state index in [1.807, 2.05) is 31.2 Å². The summed E-state index contributed by atoms with van der Waals surface area (Å²) >= 11 is 5.12. The monoisotopic (exact) mass is 370 g/mol. The van der Waals surface area contributed by atoms with E-state index in [0.717, 1.165) is 22.6 Å². The van der Waals surface area contributed by atoms with E-state index in [1.54, 1.807) is 11.0 Å². The molecule has 0 saturated carbocycles. The summed E-state index contributed by atoms with van der Waals surface area (Å²) in [5, 5.41) is 6.58. The molecule has 3 rings (SSSR count). The molecule has 6 nitrogen and oxygen atoms in total. The van der Waals surface area contributed by atoms with Crippen molar-refractivity contribution in [1.29, 1.82) is 0 Å². The zero-order valence-electron chi connectivity index (χ0n) is 14.9. The summed E-state index contributed by atoms with van der Waals surface area (Å²) in [7, 11) is 0. The van der Waals surface area contributed by atoms with Crippen molar-refractivity contribution < 1.29 is 9.47 Å². The predicted molar refractivity (Wildman–Crippen MR) is 104 cm³/mol. The Kier molecular flexibility index (Phi) is 5.91. The standard InChI is InChI=1S/C19H22N4O2S/c1-3-24-18-10-15(11-21-23-13-20-22-19(23)26)7-8-17(18)25-12-16-6-4-5-14(2)9-16/h4-10,13,21H,3,11-12H2,1-2H3,(H,22,26). The van der Waals surface area contributed by atoms with Gasteiger partial charge in [-0.05, 0) is 49.3 Å². The third-order valence-corrected chi connectivity index (χ3v) is 4.08. The number of hydrogen-bond acceptors (Lipinski definition) is 5. The molecule has 0 bridgehead atoms. The molecule has 0 amide bonds. The van der Waals surface area contributed by atoms with E-state index >= 15 is 0 Å². The van der Waals surface area contributed by atoms with Crippen LogP contribution in [0.5, 0.6) is 11.5 Å². The van der Waals surface area contributed by atoms with Gasteiger partial charge < -0.3 is 14.9 Å². The molecule has 1 aromatic heterocycles. The number of hydrogen-bond donors (Lipinski definition) is 2. The van der Waals surface area contributed by atoms with Gasteiger partial charge in [0.05, 0.1) is 13.2 Å². The van der Waals surface area contributed by atoms with Gasteiger partial charge in [0.1, 0.15) is 12.9 Å². The van der Waals surface area contributed by atoms with Crippen LogP contribution in [-0.4, -0.2) is 21.5 Å². The van der Waals surface area contributed by atoms with Gasteiger partial charge in [-0.2, -0.15) is 5.10 Å². The molecule has 136 valence electrons. The van der Waals surface area contributed by atoms with Crippen LogP contribution in [0.3, 0.4) is 0 Å². The molecular formula is C19H22N4O2S. The van der Waals surface area contributed by atoms with Gasteiger partial charge in [0.25, 0.3) is 0 Å². The van der Waals surface area contributed by atoms with Crippen LogP contribution in [0.2, 0.25) is 0 Å². The molecular weight excluding hydrogens is 348 g/mol. The van der Waals surface area contributed by atoms with E-state index in [9.17, 15) is 0 Å². The molecule has 0 aliphatic rings. The Hall–Kier alpha value is -2.80. The maximum absolute atomic E-state index is 5.97. The first-order chi connectivity index (χ1) is 12.7. The highest BCUT2D eigenvalue weighted by Gasteiger charge is 2.08. The summed E-state index contributed by atoms with van der Waals surface area (Å²) in [5.41, 5.74) is 6.59. The fourth-order valence-electron chi connectivity index (χ4n) is 2.55. The third kappa shape index (κ3) is 4.64. The summed E-state index contributed by atoms with van der Waals surface area (Å²) < 4.78 is 13.9. The summed E-state index contributed by atoms with van der Waals surface area (Å²) in [6.07, 6.45) is 1.60. The Morgan fingerprint density at radius 1 is 1.12 bits per heavy atom. The number of rotatable bonds is 8. The number of H-pyrrole nitrogens is 1. The summed E-state index contributed by atoms with van der Waals surface area (Å²) in [4.78, 5) is 0. The molecule has 0 aliphatic carbocycles. The van der Waals surface area contributed by atoms with Crippen LogP contribution in [0.1, 0.15) is 23.6 Å². The van der Waals surface area contributed by atoms with E-state index in [2.05, 4.69) is 40.7 Å². The van der Waals surface area contributed by atoms with Crippen molar-refractivity contribution in [2.75, 3.05) is 12.0 Å². The highest BCUT2D eigenvalue weighted by Crippen LogP contribution is 2.29. The predicted octanol–water partition coefficient (Wildman–Crippen LogP) is 3.97. The van der Waals surface area contributed by atoms with E-state index in [0.29, 0.717) is 24.5 Å². The van der Waals surface area contributed by atoms with Crippen molar-refractivity contribution in [3.05, 3.63) is 70.3 Å². The van der Waals surface area contributed by atoms with Gasteiger partial charge in [-0.3, -0.25) is 5.10 Å². The first kappa shape index (κ1) is 18.0. The first-order valence-electron chi connectivity index (χ1n) is 8.45. The second kappa shape index (κ2) is 8.53. The molecule has 26 heavy (non-hydrogen) atoms. The lowest BCUT2D eigenvalue weighted by Crippen LogP contribution is -2.13. The number of aromatic nitrogens is 3. The zero-order chi connectivity index (χ0) is 18.4. The normalized spacial score (nSPS) is 10.5. The van der Waals surface area contributed by atoms with Crippen molar-refractivity contribution in [3.8, 4) is 11.5 Å². The third-order valence-electron chi connectivity index (χ3n) is 3.79. The minimum absolute atomic E-state index is 0.504. The molecule has 0 saturated heterocycles. The molecule has 0 spiro atoms. The minimum Gasteiger partial charge on any atom is -0.490 e. The number of aromatic amines is 1. The molecule has 1 heterocycles. The molecule has 0 aliphatic heterocycles. The zero-order valence-corrected chi connectivity index (χ0v) is 15.7. The first-order valence-corrected chi connectivity index (χ1v) is 8.86. The summed E-state index contributed by atoms with van der Waals surface area (Å²) in [5.74, 6) is 1.47. The SMILES string of the molecule is CCOc1cc(CNn2cn[nH]c2=S)ccc1OCc1cccc(C)c1. The van der Waals surface area contributed by atoms with Crippen LogP contribution in [0.25, 0.3) is 0 Å². The topological polar surface area (TPSA) is 64.1 Å². The van der Waals surface area contributed by atoms with Gasteiger partial charge in [0, 0.05) is 0 Å². The number of nitrogens with one attached hydrogen (secondary N) is 2.